The first-order chi connectivity index (χ1) is 5.90. The number of benzene rings is 1. The van der Waals surface area contributed by atoms with Crippen LogP contribution in [0, 0.1) is 0 Å². The first-order valence-corrected chi connectivity index (χ1v) is 3.68. The van der Waals surface area contributed by atoms with Crippen molar-refractivity contribution in [1.29, 1.82) is 0 Å². The third kappa shape index (κ3) is 1.09. The quantitative estimate of drug-likeness (QED) is 0.628. The molecule has 0 radical (unpaired) electrons. The molecule has 0 amide bonds. The number of fused-ring (bicyclic) bond motifs is 1. The summed E-state index contributed by atoms with van der Waals surface area (Å²) >= 11 is 0. The van der Waals surface area contributed by atoms with Crippen LogP contribution in [0.5, 0.6) is 0 Å². The van der Waals surface area contributed by atoms with Crippen molar-refractivity contribution in [2.75, 3.05) is 0 Å². The zero-order chi connectivity index (χ0) is 8.39. The number of para-hydroxylation sites is 2. The molecule has 0 N–H and O–H groups in total. The Morgan fingerprint density at radius 1 is 1.42 bits per heavy atom. The van der Waals surface area contributed by atoms with Crippen LogP contribution in [0.4, 0.5) is 0 Å². The molecule has 0 unspecified atom stereocenters. The molecule has 0 fully saturated rings. The maximum Gasteiger partial charge on any atom is 0.202 e. The molecule has 2 aromatic rings. The van der Waals surface area contributed by atoms with Gasteiger partial charge in [0, 0.05) is 0 Å². The molecular weight excluding hydrogens is 154 g/mol. The summed E-state index contributed by atoms with van der Waals surface area (Å²) < 4.78 is 5.27. The fourth-order valence-corrected chi connectivity index (χ4v) is 1.08. The number of hydrogen-bond donors (Lipinski definition) is 0. The first-order valence-electron chi connectivity index (χ1n) is 3.68. The molecule has 2 rings (SSSR count). The molecule has 3 heteroatoms. The van der Waals surface area contributed by atoms with Crippen molar-refractivity contribution in [1.82, 2.24) is 4.98 Å². The van der Waals surface area contributed by atoms with Crippen LogP contribution in [-0.4, -0.2) is 11.3 Å². The van der Waals surface area contributed by atoms with E-state index in [0.29, 0.717) is 5.89 Å². The Bertz CT molecular complexity index is 373. The number of aldehydes is 1. The van der Waals surface area contributed by atoms with E-state index in [1.54, 1.807) is 0 Å². The second-order valence-corrected chi connectivity index (χ2v) is 2.45. The highest BCUT2D eigenvalue weighted by Crippen LogP contribution is 2.14. The average molecular weight is 161 g/mol. The van der Waals surface area contributed by atoms with E-state index in [9.17, 15) is 4.79 Å². The highest BCUT2D eigenvalue weighted by Gasteiger charge is 2.02. The number of carbonyl (C=O) groups is 1. The maximum absolute atomic E-state index is 10.2. The van der Waals surface area contributed by atoms with E-state index in [4.69, 9.17) is 4.42 Å². The van der Waals surface area contributed by atoms with Crippen molar-refractivity contribution in [3.63, 3.8) is 0 Å². The SMILES string of the molecule is O=CCc1nc2ccccc2o1. The lowest BCUT2D eigenvalue weighted by atomic mass is 10.3. The van der Waals surface area contributed by atoms with Gasteiger partial charge in [0.1, 0.15) is 11.8 Å². The van der Waals surface area contributed by atoms with E-state index in [2.05, 4.69) is 4.98 Å². The predicted molar refractivity (Wildman–Crippen MR) is 43.8 cm³/mol. The van der Waals surface area contributed by atoms with Gasteiger partial charge in [-0.25, -0.2) is 4.98 Å². The second kappa shape index (κ2) is 2.77. The Morgan fingerprint density at radius 2 is 2.25 bits per heavy atom. The summed E-state index contributed by atoms with van der Waals surface area (Å²) in [5.74, 6) is 0.478. The van der Waals surface area contributed by atoms with Crippen molar-refractivity contribution in [3.05, 3.63) is 30.2 Å². The summed E-state index contributed by atoms with van der Waals surface area (Å²) in [5.41, 5.74) is 1.53. The third-order valence-electron chi connectivity index (χ3n) is 1.60. The lowest BCUT2D eigenvalue weighted by molar-refractivity contribution is -0.107. The molecular formula is C9H7NO2. The van der Waals surface area contributed by atoms with Crippen LogP contribution in [0.25, 0.3) is 11.1 Å². The largest absolute Gasteiger partial charge is 0.440 e. The number of carbonyl (C=O) groups excluding carboxylic acids is 1. The molecule has 60 valence electrons. The number of aromatic nitrogens is 1. The van der Waals surface area contributed by atoms with Gasteiger partial charge in [0.15, 0.2) is 5.58 Å². The molecule has 12 heavy (non-hydrogen) atoms. The van der Waals surface area contributed by atoms with Gasteiger partial charge in [-0.3, -0.25) is 0 Å². The van der Waals surface area contributed by atoms with Gasteiger partial charge < -0.3 is 9.21 Å². The van der Waals surface area contributed by atoms with Gasteiger partial charge in [-0.1, -0.05) is 12.1 Å². The molecule has 0 aliphatic rings. The molecule has 1 aromatic heterocycles. The standard InChI is InChI=1S/C9H7NO2/c11-6-5-9-10-7-3-1-2-4-8(7)12-9/h1-4,6H,5H2. The van der Waals surface area contributed by atoms with Crippen LogP contribution in [-0.2, 0) is 11.2 Å². The van der Waals surface area contributed by atoms with Gasteiger partial charge in [-0.2, -0.15) is 0 Å². The van der Waals surface area contributed by atoms with Crippen molar-refractivity contribution >= 4 is 17.4 Å². The fraction of sp³-hybridized carbons (Fsp3) is 0.111. The van der Waals surface area contributed by atoms with Gasteiger partial charge in [0.25, 0.3) is 0 Å². The van der Waals surface area contributed by atoms with E-state index < -0.39 is 0 Å². The number of oxazole rings is 1. The normalized spacial score (nSPS) is 10.3. The second-order valence-electron chi connectivity index (χ2n) is 2.45. The third-order valence-corrected chi connectivity index (χ3v) is 1.60. The highest BCUT2D eigenvalue weighted by atomic mass is 16.3. The van der Waals surface area contributed by atoms with Crippen molar-refractivity contribution in [3.8, 4) is 0 Å². The zero-order valence-electron chi connectivity index (χ0n) is 6.36. The summed E-state index contributed by atoms with van der Waals surface area (Å²) in [6.45, 7) is 0. The van der Waals surface area contributed by atoms with Crippen LogP contribution < -0.4 is 0 Å². The van der Waals surface area contributed by atoms with Crippen molar-refractivity contribution in [2.45, 2.75) is 6.42 Å². The smallest absolute Gasteiger partial charge is 0.202 e. The van der Waals surface area contributed by atoms with E-state index in [-0.39, 0.29) is 6.42 Å². The monoisotopic (exact) mass is 161 g/mol. The van der Waals surface area contributed by atoms with Crippen LogP contribution in [0.15, 0.2) is 28.7 Å². The molecule has 0 saturated carbocycles. The summed E-state index contributed by atoms with van der Waals surface area (Å²) in [4.78, 5) is 14.3. The van der Waals surface area contributed by atoms with E-state index >= 15 is 0 Å². The van der Waals surface area contributed by atoms with E-state index in [1.807, 2.05) is 24.3 Å². The van der Waals surface area contributed by atoms with Gasteiger partial charge in [-0.05, 0) is 12.1 Å². The van der Waals surface area contributed by atoms with Crippen LogP contribution >= 0.6 is 0 Å². The first kappa shape index (κ1) is 7.03. The molecule has 0 saturated heterocycles. The lowest BCUT2D eigenvalue weighted by Gasteiger charge is -1.80. The Kier molecular flexibility index (Phi) is 1.63. The van der Waals surface area contributed by atoms with Crippen molar-refractivity contribution < 1.29 is 9.21 Å². The van der Waals surface area contributed by atoms with E-state index in [1.165, 1.54) is 0 Å². The molecule has 0 spiro atoms. The van der Waals surface area contributed by atoms with Gasteiger partial charge in [0.05, 0.1) is 6.42 Å². The Morgan fingerprint density at radius 3 is 3.00 bits per heavy atom. The Balaban J connectivity index is 2.54. The summed E-state index contributed by atoms with van der Waals surface area (Å²) in [6.07, 6.45) is 1.03. The predicted octanol–water partition coefficient (Wildman–Crippen LogP) is 1.57. The Hall–Kier alpha value is -1.64. The fourth-order valence-electron chi connectivity index (χ4n) is 1.08. The minimum atomic E-state index is 0.245. The van der Waals surface area contributed by atoms with E-state index in [0.717, 1.165) is 17.4 Å². The molecule has 0 aliphatic carbocycles. The summed E-state index contributed by atoms with van der Waals surface area (Å²) in [5, 5.41) is 0. The lowest BCUT2D eigenvalue weighted by Crippen LogP contribution is -1.83. The molecule has 0 bridgehead atoms. The number of hydrogen-bond acceptors (Lipinski definition) is 3. The Labute approximate surface area is 69.0 Å². The van der Waals surface area contributed by atoms with Crippen LogP contribution in [0.3, 0.4) is 0 Å². The molecule has 0 aliphatic heterocycles. The van der Waals surface area contributed by atoms with Crippen molar-refractivity contribution in [2.24, 2.45) is 0 Å². The zero-order valence-corrected chi connectivity index (χ0v) is 6.36. The molecule has 0 atom stereocenters. The van der Waals surface area contributed by atoms with Crippen LogP contribution in [0.1, 0.15) is 5.89 Å². The average Bonchev–Trinajstić information content (AvgIpc) is 2.47. The maximum atomic E-state index is 10.2. The number of rotatable bonds is 2. The molecule has 3 nitrogen and oxygen atoms in total. The molecule has 1 heterocycles. The van der Waals surface area contributed by atoms with Gasteiger partial charge in [0.2, 0.25) is 5.89 Å². The molecule has 1 aromatic carbocycles. The highest BCUT2D eigenvalue weighted by molar-refractivity contribution is 5.72. The minimum absolute atomic E-state index is 0.245. The summed E-state index contributed by atoms with van der Waals surface area (Å²) in [7, 11) is 0. The van der Waals surface area contributed by atoms with Gasteiger partial charge in [-0.15, -0.1) is 0 Å². The van der Waals surface area contributed by atoms with Gasteiger partial charge >= 0.3 is 0 Å². The number of nitrogens with zero attached hydrogens (tertiary/aromatic N) is 1. The minimum Gasteiger partial charge on any atom is -0.440 e. The summed E-state index contributed by atoms with van der Waals surface area (Å²) in [6, 6.07) is 7.44. The topological polar surface area (TPSA) is 43.1 Å². The van der Waals surface area contributed by atoms with Crippen LogP contribution in [0.2, 0.25) is 0 Å².